The third-order valence-electron chi connectivity index (χ3n) is 4.08. The molecule has 1 amide bonds. The third-order valence-corrected chi connectivity index (χ3v) is 4.08. The van der Waals surface area contributed by atoms with Gasteiger partial charge in [0, 0.05) is 36.5 Å². The molecule has 2 atom stereocenters. The highest BCUT2D eigenvalue weighted by molar-refractivity contribution is 5.95. The molecule has 0 unspecified atom stereocenters. The summed E-state index contributed by atoms with van der Waals surface area (Å²) in [6.07, 6.45) is 7.98. The average Bonchev–Trinajstić information content (AvgIpc) is 3.02. The van der Waals surface area contributed by atoms with Gasteiger partial charge in [-0.25, -0.2) is 0 Å². The summed E-state index contributed by atoms with van der Waals surface area (Å²) in [4.78, 5) is 16.6. The van der Waals surface area contributed by atoms with Crippen LogP contribution in [-0.4, -0.2) is 28.6 Å². The Morgan fingerprint density at radius 2 is 2.13 bits per heavy atom. The summed E-state index contributed by atoms with van der Waals surface area (Å²) in [5.74, 6) is -0.00250. The number of aliphatic hydroxyl groups excluding tert-OH is 1. The molecule has 1 aromatic carbocycles. The van der Waals surface area contributed by atoms with Crippen LogP contribution < -0.4 is 5.32 Å². The first-order chi connectivity index (χ1) is 11.2. The van der Waals surface area contributed by atoms with Crippen LogP contribution in [0.1, 0.15) is 22.3 Å². The summed E-state index contributed by atoms with van der Waals surface area (Å²) in [7, 11) is 0. The molecule has 0 fully saturated rings. The first-order valence-corrected chi connectivity index (χ1v) is 7.78. The Kier molecular flexibility index (Phi) is 4.53. The molecule has 4 heteroatoms. The number of rotatable bonds is 4. The molecule has 23 heavy (non-hydrogen) atoms. The van der Waals surface area contributed by atoms with Crippen molar-refractivity contribution in [2.24, 2.45) is 5.92 Å². The first kappa shape index (κ1) is 15.4. The van der Waals surface area contributed by atoms with Gasteiger partial charge in [0.05, 0.1) is 5.56 Å². The van der Waals surface area contributed by atoms with Gasteiger partial charge in [-0.3, -0.25) is 9.78 Å². The minimum atomic E-state index is -0.139. The lowest BCUT2D eigenvalue weighted by atomic mass is 10.0. The topological polar surface area (TPSA) is 62.2 Å². The molecule has 0 bridgehead atoms. The molecule has 0 saturated carbocycles. The number of carbonyl (C=O) groups is 1. The molecule has 0 aliphatic heterocycles. The number of carbonyl (C=O) groups excluding carboxylic acids is 1. The number of amides is 1. The highest BCUT2D eigenvalue weighted by atomic mass is 16.3. The molecule has 2 aromatic rings. The van der Waals surface area contributed by atoms with E-state index in [1.165, 1.54) is 5.56 Å². The molecule has 1 aromatic heterocycles. The smallest absolute Gasteiger partial charge is 0.253 e. The molecule has 1 aliphatic carbocycles. The van der Waals surface area contributed by atoms with E-state index in [2.05, 4.69) is 16.4 Å². The van der Waals surface area contributed by atoms with Crippen LogP contribution in [0, 0.1) is 12.8 Å². The second-order valence-corrected chi connectivity index (χ2v) is 5.97. The van der Waals surface area contributed by atoms with Gasteiger partial charge < -0.3 is 10.4 Å². The van der Waals surface area contributed by atoms with Gasteiger partial charge in [-0.05, 0) is 25.0 Å². The Balaban J connectivity index is 1.75. The van der Waals surface area contributed by atoms with Crippen LogP contribution >= 0.6 is 0 Å². The summed E-state index contributed by atoms with van der Waals surface area (Å²) >= 11 is 0. The van der Waals surface area contributed by atoms with Crippen molar-refractivity contribution in [2.45, 2.75) is 19.4 Å². The fourth-order valence-corrected chi connectivity index (χ4v) is 2.82. The number of aryl methyl sites for hydroxylation is 1. The summed E-state index contributed by atoms with van der Waals surface area (Å²) in [5.41, 5.74) is 3.69. The average molecular weight is 308 g/mol. The van der Waals surface area contributed by atoms with Crippen LogP contribution in [-0.2, 0) is 0 Å². The second-order valence-electron chi connectivity index (χ2n) is 5.97. The second kappa shape index (κ2) is 6.75. The Morgan fingerprint density at radius 1 is 1.26 bits per heavy atom. The van der Waals surface area contributed by atoms with Crippen molar-refractivity contribution in [3.05, 3.63) is 66.0 Å². The molecule has 0 radical (unpaired) electrons. The molecule has 118 valence electrons. The van der Waals surface area contributed by atoms with Crippen molar-refractivity contribution in [1.82, 2.24) is 10.3 Å². The highest BCUT2D eigenvalue weighted by Gasteiger charge is 2.20. The highest BCUT2D eigenvalue weighted by Crippen LogP contribution is 2.21. The van der Waals surface area contributed by atoms with Crippen LogP contribution in [0.25, 0.3) is 11.1 Å². The molecule has 0 spiro atoms. The zero-order valence-corrected chi connectivity index (χ0v) is 13.1. The van der Waals surface area contributed by atoms with Crippen molar-refractivity contribution >= 4 is 5.91 Å². The quantitative estimate of drug-likeness (QED) is 0.854. The Morgan fingerprint density at radius 3 is 2.87 bits per heavy atom. The maximum atomic E-state index is 12.4. The van der Waals surface area contributed by atoms with E-state index >= 15 is 0 Å². The number of aromatic nitrogens is 1. The lowest BCUT2D eigenvalue weighted by molar-refractivity contribution is 0.0940. The number of hydrogen-bond donors (Lipinski definition) is 2. The minimum absolute atomic E-state index is 0.0257. The SMILES string of the molecule is Cc1cccc(-c2cncc(C(=O)N[C@@H]3C=C[C@H](CO)C3)c2)c1. The van der Waals surface area contributed by atoms with Crippen molar-refractivity contribution in [2.75, 3.05) is 6.61 Å². The van der Waals surface area contributed by atoms with Gasteiger partial charge in [-0.1, -0.05) is 42.0 Å². The van der Waals surface area contributed by atoms with E-state index < -0.39 is 0 Å². The van der Waals surface area contributed by atoms with Crippen LogP contribution in [0.3, 0.4) is 0 Å². The maximum Gasteiger partial charge on any atom is 0.253 e. The number of pyridine rings is 1. The van der Waals surface area contributed by atoms with Crippen molar-refractivity contribution in [3.8, 4) is 11.1 Å². The number of nitrogens with zero attached hydrogens (tertiary/aromatic N) is 1. The Hall–Kier alpha value is -2.46. The number of benzene rings is 1. The molecule has 3 rings (SSSR count). The van der Waals surface area contributed by atoms with Gasteiger partial charge in [0.15, 0.2) is 0 Å². The van der Waals surface area contributed by atoms with E-state index in [0.717, 1.165) is 17.5 Å². The zero-order chi connectivity index (χ0) is 16.2. The fraction of sp³-hybridized carbons (Fsp3) is 0.263. The summed E-state index contributed by atoms with van der Waals surface area (Å²) in [5, 5.41) is 12.1. The molecule has 2 N–H and O–H groups in total. The maximum absolute atomic E-state index is 12.4. The molecular formula is C19H20N2O2. The predicted octanol–water partition coefficient (Wildman–Crippen LogP) is 2.72. The minimum Gasteiger partial charge on any atom is -0.396 e. The van der Waals surface area contributed by atoms with Crippen LogP contribution in [0.5, 0.6) is 0 Å². The van der Waals surface area contributed by atoms with Crippen molar-refractivity contribution < 1.29 is 9.90 Å². The van der Waals surface area contributed by atoms with Gasteiger partial charge in [0.1, 0.15) is 0 Å². The molecule has 1 heterocycles. The van der Waals surface area contributed by atoms with Crippen LogP contribution in [0.4, 0.5) is 0 Å². The number of aliphatic hydroxyl groups is 1. The predicted molar refractivity (Wildman–Crippen MR) is 90.0 cm³/mol. The van der Waals surface area contributed by atoms with E-state index in [9.17, 15) is 4.79 Å². The van der Waals surface area contributed by atoms with Gasteiger partial charge >= 0.3 is 0 Å². The first-order valence-electron chi connectivity index (χ1n) is 7.78. The summed E-state index contributed by atoms with van der Waals surface area (Å²) < 4.78 is 0. The molecule has 1 aliphatic rings. The van der Waals surface area contributed by atoms with E-state index in [1.54, 1.807) is 12.4 Å². The van der Waals surface area contributed by atoms with E-state index in [0.29, 0.717) is 5.56 Å². The monoisotopic (exact) mass is 308 g/mol. The number of hydrogen-bond acceptors (Lipinski definition) is 3. The Labute approximate surface area is 135 Å². The largest absolute Gasteiger partial charge is 0.396 e. The lowest BCUT2D eigenvalue weighted by Crippen LogP contribution is -2.33. The zero-order valence-electron chi connectivity index (χ0n) is 13.1. The van der Waals surface area contributed by atoms with Gasteiger partial charge in [0.25, 0.3) is 5.91 Å². The van der Waals surface area contributed by atoms with Crippen molar-refractivity contribution in [3.63, 3.8) is 0 Å². The molecule has 4 nitrogen and oxygen atoms in total. The molecular weight excluding hydrogens is 288 g/mol. The van der Waals surface area contributed by atoms with Gasteiger partial charge in [-0.15, -0.1) is 0 Å². The standard InChI is InChI=1S/C19H20N2O2/c1-13-3-2-4-15(7-13)16-9-17(11-20-10-16)19(23)21-18-6-5-14(8-18)12-22/h2-7,9-11,14,18,22H,8,12H2,1H3,(H,21,23)/t14-,18+/m0/s1. The number of nitrogens with one attached hydrogen (secondary N) is 1. The van der Waals surface area contributed by atoms with Crippen molar-refractivity contribution in [1.29, 1.82) is 0 Å². The van der Waals surface area contributed by atoms with E-state index in [-0.39, 0.29) is 24.5 Å². The van der Waals surface area contributed by atoms with E-state index in [4.69, 9.17) is 5.11 Å². The van der Waals surface area contributed by atoms with Crippen LogP contribution in [0.2, 0.25) is 0 Å². The van der Waals surface area contributed by atoms with Crippen LogP contribution in [0.15, 0.2) is 54.9 Å². The Bertz CT molecular complexity index is 740. The summed E-state index contributed by atoms with van der Waals surface area (Å²) in [6.45, 7) is 2.16. The normalized spacial score (nSPS) is 19.7. The van der Waals surface area contributed by atoms with Gasteiger partial charge in [0.2, 0.25) is 0 Å². The van der Waals surface area contributed by atoms with Gasteiger partial charge in [-0.2, -0.15) is 0 Å². The fourth-order valence-electron chi connectivity index (χ4n) is 2.82. The lowest BCUT2D eigenvalue weighted by Gasteiger charge is -2.13. The van der Waals surface area contributed by atoms with E-state index in [1.807, 2.05) is 43.3 Å². The summed E-state index contributed by atoms with van der Waals surface area (Å²) in [6, 6.07) is 9.95. The molecule has 0 saturated heterocycles. The third kappa shape index (κ3) is 3.66.